The molecule has 144 valence electrons. The Bertz CT molecular complexity index is 923. The molecule has 0 saturated carbocycles. The predicted octanol–water partition coefficient (Wildman–Crippen LogP) is 2.98. The number of fused-ring (bicyclic) bond motifs is 1. The van der Waals surface area contributed by atoms with Crippen molar-refractivity contribution >= 4 is 27.3 Å². The Morgan fingerprint density at radius 2 is 1.93 bits per heavy atom. The molecule has 0 spiro atoms. The lowest BCUT2D eigenvalue weighted by molar-refractivity contribution is -0.115. The molecule has 0 unspecified atom stereocenters. The Morgan fingerprint density at radius 3 is 2.59 bits per heavy atom. The van der Waals surface area contributed by atoms with Crippen molar-refractivity contribution in [3.05, 3.63) is 53.6 Å². The van der Waals surface area contributed by atoms with E-state index in [-0.39, 0.29) is 12.3 Å². The highest BCUT2D eigenvalue weighted by Gasteiger charge is 2.24. The fourth-order valence-corrected chi connectivity index (χ4v) is 4.21. The first-order chi connectivity index (χ1) is 12.9. The summed E-state index contributed by atoms with van der Waals surface area (Å²) in [4.78, 5) is 12.4. The zero-order valence-electron chi connectivity index (χ0n) is 15.6. The molecular formula is C20H24N2O4S. The molecule has 0 saturated heterocycles. The molecule has 1 aliphatic heterocycles. The molecule has 1 heterocycles. The number of carbonyl (C=O) groups excluding carboxylic acids is 1. The standard InChI is InChI=1S/C20H24N2O4S/c1-3-26-18-10-6-15(7-11-18)13-20(23)21-17-9-8-16-5-4-12-22(19(16)14-17)27(2,24)25/h6-11,14H,3-5,12-13H2,1-2H3,(H,21,23). The van der Waals surface area contributed by atoms with Crippen molar-refractivity contribution in [2.45, 2.75) is 26.2 Å². The summed E-state index contributed by atoms with van der Waals surface area (Å²) < 4.78 is 30.9. The molecule has 1 aliphatic rings. The van der Waals surface area contributed by atoms with Crippen LogP contribution in [0.5, 0.6) is 5.75 Å². The molecule has 6 nitrogen and oxygen atoms in total. The Hall–Kier alpha value is -2.54. The monoisotopic (exact) mass is 388 g/mol. The number of carbonyl (C=O) groups is 1. The second kappa shape index (κ2) is 8.00. The predicted molar refractivity (Wildman–Crippen MR) is 107 cm³/mol. The molecule has 0 radical (unpaired) electrons. The number of benzene rings is 2. The summed E-state index contributed by atoms with van der Waals surface area (Å²) in [5, 5.41) is 2.86. The van der Waals surface area contributed by atoms with E-state index in [1.165, 1.54) is 10.6 Å². The first-order valence-electron chi connectivity index (χ1n) is 8.99. The van der Waals surface area contributed by atoms with Gasteiger partial charge in [-0.05, 0) is 55.2 Å². The van der Waals surface area contributed by atoms with Crippen LogP contribution >= 0.6 is 0 Å². The van der Waals surface area contributed by atoms with Gasteiger partial charge in [0, 0.05) is 12.2 Å². The Labute approximate surface area is 160 Å². The second-order valence-electron chi connectivity index (χ2n) is 6.58. The van der Waals surface area contributed by atoms with Crippen LogP contribution < -0.4 is 14.4 Å². The van der Waals surface area contributed by atoms with Gasteiger partial charge in [0.25, 0.3) is 0 Å². The third-order valence-corrected chi connectivity index (χ3v) is 5.62. The first kappa shape index (κ1) is 19.2. The van der Waals surface area contributed by atoms with E-state index in [4.69, 9.17) is 4.74 Å². The number of sulfonamides is 1. The third-order valence-electron chi connectivity index (χ3n) is 4.44. The van der Waals surface area contributed by atoms with E-state index in [1.54, 1.807) is 6.07 Å². The summed E-state index contributed by atoms with van der Waals surface area (Å²) >= 11 is 0. The summed E-state index contributed by atoms with van der Waals surface area (Å²) in [7, 11) is -3.33. The SMILES string of the molecule is CCOc1ccc(CC(=O)Nc2ccc3c(c2)N(S(C)(=O)=O)CCC3)cc1. The highest BCUT2D eigenvalue weighted by molar-refractivity contribution is 7.92. The van der Waals surface area contributed by atoms with E-state index in [9.17, 15) is 13.2 Å². The number of anilines is 2. The van der Waals surface area contributed by atoms with Crippen LogP contribution in [0.4, 0.5) is 11.4 Å². The lowest BCUT2D eigenvalue weighted by Gasteiger charge is -2.29. The van der Waals surface area contributed by atoms with Crippen LogP contribution in [0.3, 0.4) is 0 Å². The maximum atomic E-state index is 12.4. The number of hydrogen-bond donors (Lipinski definition) is 1. The number of hydrogen-bond acceptors (Lipinski definition) is 4. The Kier molecular flexibility index (Phi) is 5.70. The van der Waals surface area contributed by atoms with Crippen molar-refractivity contribution in [3.63, 3.8) is 0 Å². The first-order valence-corrected chi connectivity index (χ1v) is 10.8. The van der Waals surface area contributed by atoms with Crippen molar-refractivity contribution < 1.29 is 17.9 Å². The number of amides is 1. The molecule has 27 heavy (non-hydrogen) atoms. The average molecular weight is 388 g/mol. The summed E-state index contributed by atoms with van der Waals surface area (Å²) in [6.07, 6.45) is 3.07. The van der Waals surface area contributed by atoms with Gasteiger partial charge in [-0.15, -0.1) is 0 Å². The fraction of sp³-hybridized carbons (Fsp3) is 0.350. The maximum absolute atomic E-state index is 12.4. The van der Waals surface area contributed by atoms with Gasteiger partial charge >= 0.3 is 0 Å². The van der Waals surface area contributed by atoms with E-state index in [0.29, 0.717) is 24.5 Å². The van der Waals surface area contributed by atoms with E-state index in [1.807, 2.05) is 43.3 Å². The maximum Gasteiger partial charge on any atom is 0.232 e. The minimum Gasteiger partial charge on any atom is -0.494 e. The normalized spacial score (nSPS) is 13.8. The van der Waals surface area contributed by atoms with Gasteiger partial charge in [0.15, 0.2) is 0 Å². The molecule has 7 heteroatoms. The highest BCUT2D eigenvalue weighted by Crippen LogP contribution is 2.31. The minimum absolute atomic E-state index is 0.152. The third kappa shape index (κ3) is 4.80. The van der Waals surface area contributed by atoms with Crippen molar-refractivity contribution in [3.8, 4) is 5.75 Å². The summed E-state index contributed by atoms with van der Waals surface area (Å²) in [5.41, 5.74) is 3.12. The van der Waals surface area contributed by atoms with E-state index >= 15 is 0 Å². The molecule has 1 N–H and O–H groups in total. The quantitative estimate of drug-likeness (QED) is 0.825. The zero-order valence-corrected chi connectivity index (χ0v) is 16.4. The molecule has 0 bridgehead atoms. The summed E-state index contributed by atoms with van der Waals surface area (Å²) in [6.45, 7) is 2.99. The van der Waals surface area contributed by atoms with Crippen LogP contribution in [0.1, 0.15) is 24.5 Å². The highest BCUT2D eigenvalue weighted by atomic mass is 32.2. The Morgan fingerprint density at radius 1 is 1.19 bits per heavy atom. The van der Waals surface area contributed by atoms with Gasteiger partial charge in [-0.25, -0.2) is 8.42 Å². The molecule has 0 fully saturated rings. The van der Waals surface area contributed by atoms with Gasteiger partial charge in [0.2, 0.25) is 15.9 Å². The minimum atomic E-state index is -3.33. The van der Waals surface area contributed by atoms with Crippen molar-refractivity contribution in [2.75, 3.05) is 29.0 Å². The van der Waals surface area contributed by atoms with Crippen LogP contribution in [0.25, 0.3) is 0 Å². The smallest absolute Gasteiger partial charge is 0.232 e. The number of nitrogens with zero attached hydrogens (tertiary/aromatic N) is 1. The molecule has 1 amide bonds. The number of ether oxygens (including phenoxy) is 1. The van der Waals surface area contributed by atoms with Crippen LogP contribution in [0.15, 0.2) is 42.5 Å². The molecular weight excluding hydrogens is 364 g/mol. The zero-order chi connectivity index (χ0) is 19.4. The van der Waals surface area contributed by atoms with Gasteiger partial charge in [-0.1, -0.05) is 18.2 Å². The molecule has 0 aromatic heterocycles. The summed E-state index contributed by atoms with van der Waals surface area (Å²) in [5.74, 6) is 0.623. The molecule has 3 rings (SSSR count). The molecule has 0 aliphatic carbocycles. The van der Waals surface area contributed by atoms with Gasteiger partial charge in [0.05, 0.1) is 25.0 Å². The van der Waals surface area contributed by atoms with Gasteiger partial charge in [-0.3, -0.25) is 9.10 Å². The lowest BCUT2D eigenvalue weighted by Crippen LogP contribution is -2.34. The van der Waals surface area contributed by atoms with Crippen molar-refractivity contribution in [1.29, 1.82) is 0 Å². The van der Waals surface area contributed by atoms with E-state index < -0.39 is 10.0 Å². The molecule has 0 atom stereocenters. The topological polar surface area (TPSA) is 75.7 Å². The molecule has 2 aromatic rings. The van der Waals surface area contributed by atoms with Crippen molar-refractivity contribution in [1.82, 2.24) is 0 Å². The lowest BCUT2D eigenvalue weighted by atomic mass is 10.0. The summed E-state index contributed by atoms with van der Waals surface area (Å²) in [6, 6.07) is 12.9. The van der Waals surface area contributed by atoms with Gasteiger partial charge < -0.3 is 10.1 Å². The number of nitrogens with one attached hydrogen (secondary N) is 1. The molecule has 2 aromatic carbocycles. The number of rotatable bonds is 6. The van der Waals surface area contributed by atoms with Gasteiger partial charge in [-0.2, -0.15) is 0 Å². The van der Waals surface area contributed by atoms with E-state index in [2.05, 4.69) is 5.32 Å². The Balaban J connectivity index is 1.71. The van der Waals surface area contributed by atoms with Crippen LogP contribution in [0.2, 0.25) is 0 Å². The van der Waals surface area contributed by atoms with Crippen LogP contribution in [0, 0.1) is 0 Å². The van der Waals surface area contributed by atoms with Crippen LogP contribution in [-0.2, 0) is 27.7 Å². The largest absolute Gasteiger partial charge is 0.494 e. The van der Waals surface area contributed by atoms with E-state index in [0.717, 1.165) is 29.7 Å². The fourth-order valence-electron chi connectivity index (χ4n) is 3.22. The van der Waals surface area contributed by atoms with Crippen molar-refractivity contribution in [2.24, 2.45) is 0 Å². The van der Waals surface area contributed by atoms with Gasteiger partial charge in [0.1, 0.15) is 5.75 Å². The number of aryl methyl sites for hydroxylation is 1. The second-order valence-corrected chi connectivity index (χ2v) is 8.49. The van der Waals surface area contributed by atoms with Crippen LogP contribution in [-0.4, -0.2) is 33.7 Å². The average Bonchev–Trinajstić information content (AvgIpc) is 2.62.